The minimum absolute atomic E-state index is 0.452. The van der Waals surface area contributed by atoms with Gasteiger partial charge in [0.05, 0.1) is 22.2 Å². The van der Waals surface area contributed by atoms with Crippen LogP contribution >= 0.6 is 11.3 Å². The fraction of sp³-hybridized carbons (Fsp3) is 0.600. The molecule has 0 amide bonds. The zero-order chi connectivity index (χ0) is 10.1. The van der Waals surface area contributed by atoms with Crippen molar-refractivity contribution in [2.45, 2.75) is 39.0 Å². The van der Waals surface area contributed by atoms with Crippen molar-refractivity contribution in [2.24, 2.45) is 0 Å². The summed E-state index contributed by atoms with van der Waals surface area (Å²) in [6.07, 6.45) is 0. The van der Waals surface area contributed by atoms with Crippen LogP contribution in [0, 0.1) is 11.3 Å². The predicted molar refractivity (Wildman–Crippen MR) is 54.8 cm³/mol. The van der Waals surface area contributed by atoms with Crippen LogP contribution in [0.1, 0.15) is 44.3 Å². The Bertz CT molecular complexity index is 331. The molecule has 0 radical (unpaired) electrons. The van der Waals surface area contributed by atoms with Gasteiger partial charge < -0.3 is 0 Å². The lowest BCUT2D eigenvalue weighted by atomic mass is 9.92. The molecule has 0 spiro atoms. The van der Waals surface area contributed by atoms with Gasteiger partial charge in [-0.1, -0.05) is 13.8 Å². The molecule has 0 bridgehead atoms. The first-order chi connectivity index (χ1) is 5.97. The van der Waals surface area contributed by atoms with E-state index in [4.69, 9.17) is 5.26 Å². The molecule has 0 saturated carbocycles. The number of hydrogen-bond donors (Lipinski definition) is 0. The lowest BCUT2D eigenvalue weighted by Crippen LogP contribution is -2.14. The predicted octanol–water partition coefficient (Wildman–Crippen LogP) is 3.07. The van der Waals surface area contributed by atoms with Gasteiger partial charge in [0.25, 0.3) is 0 Å². The third-order valence-electron chi connectivity index (χ3n) is 1.94. The van der Waals surface area contributed by atoms with Crippen LogP contribution in [0.3, 0.4) is 0 Å². The third kappa shape index (κ3) is 2.07. The van der Waals surface area contributed by atoms with Gasteiger partial charge in [0.1, 0.15) is 0 Å². The molecule has 0 aromatic carbocycles. The van der Waals surface area contributed by atoms with Gasteiger partial charge in [0.15, 0.2) is 0 Å². The Morgan fingerprint density at radius 2 is 2.15 bits per heavy atom. The molecule has 70 valence electrons. The van der Waals surface area contributed by atoms with Crippen molar-refractivity contribution in [3.05, 3.63) is 16.1 Å². The van der Waals surface area contributed by atoms with Gasteiger partial charge in [0.2, 0.25) is 0 Å². The molecule has 1 heterocycles. The van der Waals surface area contributed by atoms with Crippen LogP contribution in [0.25, 0.3) is 0 Å². The smallest absolute Gasteiger partial charge is 0.0954 e. The maximum absolute atomic E-state index is 8.91. The molecule has 0 saturated heterocycles. The molecule has 1 aromatic heterocycles. The molecule has 0 aliphatic heterocycles. The zero-order valence-corrected chi connectivity index (χ0v) is 9.27. The summed E-state index contributed by atoms with van der Waals surface area (Å²) >= 11 is 1.64. The Morgan fingerprint density at radius 3 is 2.54 bits per heavy atom. The molecular formula is C10H14N2S. The van der Waals surface area contributed by atoms with Crippen LogP contribution < -0.4 is 0 Å². The molecule has 0 N–H and O–H groups in total. The Morgan fingerprint density at radius 1 is 1.54 bits per heavy atom. The summed E-state index contributed by atoms with van der Waals surface area (Å²) in [5.74, 6) is 0.452. The van der Waals surface area contributed by atoms with E-state index in [2.05, 4.69) is 24.9 Å². The summed E-state index contributed by atoms with van der Waals surface area (Å²) in [4.78, 5) is 4.45. The molecule has 13 heavy (non-hydrogen) atoms. The lowest BCUT2D eigenvalue weighted by molar-refractivity contribution is 0.657. The minimum Gasteiger partial charge on any atom is -0.244 e. The van der Waals surface area contributed by atoms with Crippen LogP contribution in [0.2, 0.25) is 0 Å². The number of rotatable bonds is 2. The van der Waals surface area contributed by atoms with Crippen molar-refractivity contribution >= 4 is 11.3 Å². The Kier molecular flexibility index (Phi) is 2.72. The number of nitriles is 1. The molecule has 1 rings (SSSR count). The maximum Gasteiger partial charge on any atom is 0.0954 e. The van der Waals surface area contributed by atoms with Crippen LogP contribution in [0.5, 0.6) is 0 Å². The number of aromatic nitrogens is 1. The Balaban J connectivity index is 3.00. The SMILES string of the molecule is CC(C)c1nc(C(C)(C)C#N)cs1. The molecular weight excluding hydrogens is 180 g/mol. The van der Waals surface area contributed by atoms with E-state index in [0.717, 1.165) is 10.7 Å². The van der Waals surface area contributed by atoms with Crippen LogP contribution in [0.4, 0.5) is 0 Å². The average molecular weight is 194 g/mol. The van der Waals surface area contributed by atoms with E-state index in [1.807, 2.05) is 19.2 Å². The first-order valence-corrected chi connectivity index (χ1v) is 5.22. The number of hydrogen-bond acceptors (Lipinski definition) is 3. The highest BCUT2D eigenvalue weighted by Gasteiger charge is 2.23. The third-order valence-corrected chi connectivity index (χ3v) is 3.08. The van der Waals surface area contributed by atoms with Gasteiger partial charge in [-0.3, -0.25) is 0 Å². The number of nitrogens with zero attached hydrogens (tertiary/aromatic N) is 2. The highest BCUT2D eigenvalue weighted by atomic mass is 32.1. The van der Waals surface area contributed by atoms with E-state index in [0.29, 0.717) is 5.92 Å². The monoisotopic (exact) mass is 194 g/mol. The second-order valence-corrected chi connectivity index (χ2v) is 4.85. The van der Waals surface area contributed by atoms with E-state index in [9.17, 15) is 0 Å². The summed E-state index contributed by atoms with van der Waals surface area (Å²) in [6, 6.07) is 2.25. The second kappa shape index (κ2) is 3.47. The normalized spacial score (nSPS) is 11.7. The van der Waals surface area contributed by atoms with Crippen molar-refractivity contribution in [3.63, 3.8) is 0 Å². The topological polar surface area (TPSA) is 36.7 Å². The first kappa shape index (κ1) is 10.2. The summed E-state index contributed by atoms with van der Waals surface area (Å²) < 4.78 is 0. The fourth-order valence-electron chi connectivity index (χ4n) is 0.897. The molecule has 0 aliphatic carbocycles. The van der Waals surface area contributed by atoms with Crippen molar-refractivity contribution in [3.8, 4) is 6.07 Å². The fourth-order valence-corrected chi connectivity index (χ4v) is 1.90. The largest absolute Gasteiger partial charge is 0.244 e. The van der Waals surface area contributed by atoms with Crippen molar-refractivity contribution < 1.29 is 0 Å². The van der Waals surface area contributed by atoms with Gasteiger partial charge in [-0.25, -0.2) is 4.98 Å². The van der Waals surface area contributed by atoms with Crippen LogP contribution in [0.15, 0.2) is 5.38 Å². The van der Waals surface area contributed by atoms with E-state index in [-0.39, 0.29) is 0 Å². The average Bonchev–Trinajstić information content (AvgIpc) is 2.52. The zero-order valence-electron chi connectivity index (χ0n) is 8.46. The highest BCUT2D eigenvalue weighted by Crippen LogP contribution is 2.27. The Hall–Kier alpha value is -0.880. The number of thiazole rings is 1. The lowest BCUT2D eigenvalue weighted by Gasteiger charge is -2.10. The molecule has 1 aromatic rings. The molecule has 0 unspecified atom stereocenters. The van der Waals surface area contributed by atoms with Crippen LogP contribution in [-0.4, -0.2) is 4.98 Å². The van der Waals surface area contributed by atoms with Crippen molar-refractivity contribution in [1.29, 1.82) is 5.26 Å². The molecule has 0 fully saturated rings. The van der Waals surface area contributed by atoms with Gasteiger partial charge >= 0.3 is 0 Å². The van der Waals surface area contributed by atoms with Gasteiger partial charge in [-0.05, 0) is 13.8 Å². The van der Waals surface area contributed by atoms with E-state index in [1.54, 1.807) is 11.3 Å². The molecule has 0 aliphatic rings. The quantitative estimate of drug-likeness (QED) is 0.725. The molecule has 2 nitrogen and oxygen atoms in total. The maximum atomic E-state index is 8.91. The standard InChI is InChI=1S/C10H14N2S/c1-7(2)9-12-8(5-13-9)10(3,4)6-11/h5,7H,1-4H3. The van der Waals surface area contributed by atoms with Gasteiger partial charge in [-0.2, -0.15) is 5.26 Å². The van der Waals surface area contributed by atoms with Gasteiger partial charge in [-0.15, -0.1) is 11.3 Å². The summed E-state index contributed by atoms with van der Waals surface area (Å²) in [7, 11) is 0. The van der Waals surface area contributed by atoms with Crippen LogP contribution in [-0.2, 0) is 5.41 Å². The van der Waals surface area contributed by atoms with Crippen molar-refractivity contribution in [1.82, 2.24) is 4.98 Å². The molecule has 0 atom stereocenters. The summed E-state index contributed by atoms with van der Waals surface area (Å²) in [5.41, 5.74) is 0.438. The van der Waals surface area contributed by atoms with E-state index in [1.165, 1.54) is 0 Å². The molecule has 3 heteroatoms. The highest BCUT2D eigenvalue weighted by molar-refractivity contribution is 7.09. The van der Waals surface area contributed by atoms with Gasteiger partial charge in [0, 0.05) is 11.3 Å². The summed E-state index contributed by atoms with van der Waals surface area (Å²) in [6.45, 7) is 8.02. The van der Waals surface area contributed by atoms with E-state index < -0.39 is 5.41 Å². The first-order valence-electron chi connectivity index (χ1n) is 4.34. The van der Waals surface area contributed by atoms with E-state index >= 15 is 0 Å². The van der Waals surface area contributed by atoms with Crippen molar-refractivity contribution in [2.75, 3.05) is 0 Å². The Labute approximate surface area is 83.2 Å². The summed E-state index contributed by atoms with van der Waals surface area (Å²) in [5, 5.41) is 12.0. The second-order valence-electron chi connectivity index (χ2n) is 3.96. The minimum atomic E-state index is -0.455.